The Morgan fingerprint density at radius 1 is 1.16 bits per heavy atom. The smallest absolute Gasteiger partial charge is 0.326 e. The van der Waals surface area contributed by atoms with Crippen molar-refractivity contribution in [3.05, 3.63) is 23.8 Å². The van der Waals surface area contributed by atoms with Gasteiger partial charge in [-0.15, -0.1) is 0 Å². The van der Waals surface area contributed by atoms with Gasteiger partial charge in [-0.3, -0.25) is 4.79 Å². The largest absolute Gasteiger partial charge is 1.00 e. The summed E-state index contributed by atoms with van der Waals surface area (Å²) in [5.41, 5.74) is 4.44. The highest BCUT2D eigenvalue weighted by Crippen LogP contribution is 2.26. The van der Waals surface area contributed by atoms with Crippen molar-refractivity contribution in [1.29, 1.82) is 0 Å². The third kappa shape index (κ3) is 5.79. The normalized spacial score (nSPS) is 17.2. The number of carbonyl (C=O) groups excluding carboxylic acids is 1. The molecule has 2 rings (SSSR count). The summed E-state index contributed by atoms with van der Waals surface area (Å²) in [4.78, 5) is 23.8. The number of carbonyl (C=O) groups is 2. The van der Waals surface area contributed by atoms with E-state index in [0.717, 1.165) is 25.7 Å². The highest BCUT2D eigenvalue weighted by molar-refractivity contribution is 5.86. The molecule has 0 radical (unpaired) electrons. The Morgan fingerprint density at radius 3 is 2.36 bits per heavy atom. The highest BCUT2D eigenvalue weighted by Gasteiger charge is 2.32. The number of benzene rings is 1. The minimum Gasteiger partial charge on any atom is -1.00 e. The van der Waals surface area contributed by atoms with Gasteiger partial charge in [-0.05, 0) is 30.5 Å². The van der Waals surface area contributed by atoms with E-state index in [4.69, 9.17) is 0 Å². The van der Waals surface area contributed by atoms with Crippen molar-refractivity contribution in [2.75, 3.05) is 0 Å². The van der Waals surface area contributed by atoms with Gasteiger partial charge in [0, 0.05) is 12.3 Å². The number of hydrogen-bond donors (Lipinski definition) is 5. The second kappa shape index (κ2) is 9.48. The molecule has 25 heavy (non-hydrogen) atoms. The van der Waals surface area contributed by atoms with Crippen LogP contribution in [-0.4, -0.2) is 39.3 Å². The van der Waals surface area contributed by atoms with Crippen LogP contribution in [0.2, 0.25) is 0 Å². The fraction of sp³-hybridized carbons (Fsp3) is 0.529. The molecule has 0 unspecified atom stereocenters. The zero-order chi connectivity index (χ0) is 17.7. The Hall–Kier alpha value is -1.99. The van der Waals surface area contributed by atoms with Crippen LogP contribution >= 0.6 is 0 Å². The van der Waals surface area contributed by atoms with Gasteiger partial charge in [0.2, 0.25) is 0 Å². The number of rotatable bonds is 6. The number of phenolic OH excluding ortho intramolecular Hbond substituents is 2. The summed E-state index contributed by atoms with van der Waals surface area (Å²) < 4.78 is 0. The Kier molecular flexibility index (Phi) is 7.99. The first-order valence-electron chi connectivity index (χ1n) is 8.25. The SMILES string of the molecule is [Cl-].[NH3+][C@H](C(=O)N[C@@H](Cc1ccc(O)c(O)c1)C(=O)O)C1CCCCC1. The molecule has 1 amide bonds. The fourth-order valence-corrected chi connectivity index (χ4v) is 3.16. The number of aliphatic carboxylic acids is 1. The molecule has 0 saturated heterocycles. The zero-order valence-corrected chi connectivity index (χ0v) is 14.7. The molecule has 8 heteroatoms. The molecule has 0 heterocycles. The van der Waals surface area contributed by atoms with E-state index in [2.05, 4.69) is 11.1 Å². The zero-order valence-electron chi connectivity index (χ0n) is 13.9. The number of carboxylic acids is 1. The van der Waals surface area contributed by atoms with E-state index < -0.39 is 18.1 Å². The van der Waals surface area contributed by atoms with Crippen molar-refractivity contribution < 1.29 is 43.0 Å². The van der Waals surface area contributed by atoms with Gasteiger partial charge in [0.1, 0.15) is 6.04 Å². The summed E-state index contributed by atoms with van der Waals surface area (Å²) in [5.74, 6) is -1.89. The molecular weight excluding hydrogens is 348 g/mol. The second-order valence-electron chi connectivity index (χ2n) is 6.43. The standard InChI is InChI=1S/C17H24N2O5.ClH/c18-15(11-4-2-1-3-5-11)16(22)19-12(17(23)24)8-10-6-7-13(20)14(21)9-10;/h6-7,9,11-12,15,20-21H,1-5,8,18H2,(H,19,22)(H,23,24);1H/t12-,15-;/m0./s1. The van der Waals surface area contributed by atoms with E-state index in [0.29, 0.717) is 5.56 Å². The highest BCUT2D eigenvalue weighted by atomic mass is 35.5. The maximum atomic E-state index is 12.3. The topological polar surface area (TPSA) is 134 Å². The monoisotopic (exact) mass is 372 g/mol. The third-order valence-electron chi connectivity index (χ3n) is 4.65. The lowest BCUT2D eigenvalue weighted by Gasteiger charge is -2.25. The molecule has 1 aliphatic rings. The van der Waals surface area contributed by atoms with Crippen LogP contribution in [0, 0.1) is 5.92 Å². The number of quaternary nitrogens is 1. The third-order valence-corrected chi connectivity index (χ3v) is 4.65. The van der Waals surface area contributed by atoms with Gasteiger partial charge in [-0.1, -0.05) is 25.3 Å². The van der Waals surface area contributed by atoms with Crippen LogP contribution in [0.15, 0.2) is 18.2 Å². The summed E-state index contributed by atoms with van der Waals surface area (Å²) in [5, 5.41) is 30.7. The average Bonchev–Trinajstić information content (AvgIpc) is 2.57. The van der Waals surface area contributed by atoms with Gasteiger partial charge >= 0.3 is 5.97 Å². The number of amides is 1. The molecule has 2 atom stereocenters. The summed E-state index contributed by atoms with van der Waals surface area (Å²) >= 11 is 0. The van der Waals surface area contributed by atoms with E-state index in [1.165, 1.54) is 24.6 Å². The Balaban J connectivity index is 0.00000312. The molecule has 140 valence electrons. The molecular formula is C17H25ClN2O5. The molecule has 1 aromatic carbocycles. The number of phenols is 2. The van der Waals surface area contributed by atoms with Crippen LogP contribution in [-0.2, 0) is 16.0 Å². The molecule has 1 fully saturated rings. The molecule has 1 aromatic rings. The molecule has 0 bridgehead atoms. The molecule has 7 N–H and O–H groups in total. The Morgan fingerprint density at radius 2 is 1.80 bits per heavy atom. The van der Waals surface area contributed by atoms with Gasteiger partial charge in [-0.2, -0.15) is 0 Å². The molecule has 7 nitrogen and oxygen atoms in total. The average molecular weight is 373 g/mol. The molecule has 0 spiro atoms. The number of nitrogens with one attached hydrogen (secondary N) is 1. The van der Waals surface area contributed by atoms with Gasteiger partial charge in [0.05, 0.1) is 0 Å². The molecule has 1 aliphatic carbocycles. The molecule has 1 saturated carbocycles. The number of hydrogen-bond acceptors (Lipinski definition) is 4. The van der Waals surface area contributed by atoms with Crippen molar-refractivity contribution in [2.24, 2.45) is 5.92 Å². The first kappa shape index (κ1) is 21.1. The summed E-state index contributed by atoms with van der Waals surface area (Å²) in [6.45, 7) is 0. The van der Waals surface area contributed by atoms with Crippen LogP contribution in [0.5, 0.6) is 11.5 Å². The minimum atomic E-state index is -1.15. The Labute approximate surface area is 152 Å². The summed E-state index contributed by atoms with van der Waals surface area (Å²) in [7, 11) is 0. The van der Waals surface area contributed by atoms with Crippen molar-refractivity contribution in [3.63, 3.8) is 0 Å². The van der Waals surface area contributed by atoms with Crippen molar-refractivity contribution in [3.8, 4) is 11.5 Å². The maximum absolute atomic E-state index is 12.3. The molecule has 0 aromatic heterocycles. The number of carboxylic acid groups (broad SMARTS) is 1. The maximum Gasteiger partial charge on any atom is 0.326 e. The summed E-state index contributed by atoms with van der Waals surface area (Å²) in [6, 6.07) is 2.53. The van der Waals surface area contributed by atoms with E-state index in [1.54, 1.807) is 0 Å². The van der Waals surface area contributed by atoms with E-state index >= 15 is 0 Å². The second-order valence-corrected chi connectivity index (χ2v) is 6.43. The van der Waals surface area contributed by atoms with Gasteiger partial charge in [0.15, 0.2) is 17.5 Å². The van der Waals surface area contributed by atoms with Crippen molar-refractivity contribution in [1.82, 2.24) is 5.32 Å². The van der Waals surface area contributed by atoms with Crippen LogP contribution in [0.1, 0.15) is 37.7 Å². The predicted octanol–water partition coefficient (Wildman–Crippen LogP) is -2.60. The Bertz CT molecular complexity index is 605. The van der Waals surface area contributed by atoms with Crippen LogP contribution in [0.3, 0.4) is 0 Å². The van der Waals surface area contributed by atoms with Crippen LogP contribution < -0.4 is 23.5 Å². The van der Waals surface area contributed by atoms with Crippen LogP contribution in [0.4, 0.5) is 0 Å². The molecule has 0 aliphatic heterocycles. The lowest BCUT2D eigenvalue weighted by atomic mass is 9.84. The lowest BCUT2D eigenvalue weighted by Crippen LogP contribution is -3.00. The first-order valence-corrected chi connectivity index (χ1v) is 8.25. The van der Waals surface area contributed by atoms with Gasteiger partial charge < -0.3 is 38.8 Å². The van der Waals surface area contributed by atoms with E-state index in [1.807, 2.05) is 0 Å². The van der Waals surface area contributed by atoms with Crippen molar-refractivity contribution in [2.45, 2.75) is 50.6 Å². The van der Waals surface area contributed by atoms with Gasteiger partial charge in [0.25, 0.3) is 5.91 Å². The van der Waals surface area contributed by atoms with E-state index in [-0.39, 0.29) is 42.2 Å². The minimum absolute atomic E-state index is 0. The quantitative estimate of drug-likeness (QED) is 0.349. The van der Waals surface area contributed by atoms with Gasteiger partial charge in [-0.25, -0.2) is 4.79 Å². The lowest BCUT2D eigenvalue weighted by molar-refractivity contribution is -0.418. The van der Waals surface area contributed by atoms with Crippen LogP contribution in [0.25, 0.3) is 0 Å². The van der Waals surface area contributed by atoms with Crippen molar-refractivity contribution >= 4 is 11.9 Å². The number of aromatic hydroxyl groups is 2. The predicted molar refractivity (Wildman–Crippen MR) is 86.3 cm³/mol. The van der Waals surface area contributed by atoms with E-state index in [9.17, 15) is 24.9 Å². The summed E-state index contributed by atoms with van der Waals surface area (Å²) in [6.07, 6.45) is 5.26. The first-order chi connectivity index (χ1) is 11.4. The fourth-order valence-electron chi connectivity index (χ4n) is 3.16. The number of halogens is 1.